The monoisotopic (exact) mass is 460 g/mol. The number of likely N-dealkylation sites (N-methyl/N-ethyl adjacent to an activating group) is 1. The molecule has 2 aromatic heterocycles. The number of nitrogens with one attached hydrogen (secondary N) is 1. The molecule has 2 aliphatic heterocycles. The van der Waals surface area contributed by atoms with Crippen LogP contribution in [0.3, 0.4) is 0 Å². The molecule has 0 radical (unpaired) electrons. The predicted molar refractivity (Wildman–Crippen MR) is 126 cm³/mol. The summed E-state index contributed by atoms with van der Waals surface area (Å²) < 4.78 is 5.40. The molecule has 34 heavy (non-hydrogen) atoms. The van der Waals surface area contributed by atoms with Gasteiger partial charge in [0.2, 0.25) is 5.91 Å². The number of carbonyl (C=O) groups is 2. The van der Waals surface area contributed by atoms with Crippen molar-refractivity contribution >= 4 is 29.1 Å². The van der Waals surface area contributed by atoms with Crippen LogP contribution in [0.4, 0.5) is 17.3 Å². The summed E-state index contributed by atoms with van der Waals surface area (Å²) in [6, 6.07) is 7.80. The van der Waals surface area contributed by atoms with E-state index in [1.165, 1.54) is 0 Å². The van der Waals surface area contributed by atoms with Crippen LogP contribution >= 0.6 is 0 Å². The maximum absolute atomic E-state index is 13.1. The van der Waals surface area contributed by atoms with E-state index in [2.05, 4.69) is 21.4 Å². The molecule has 0 aromatic carbocycles. The van der Waals surface area contributed by atoms with E-state index < -0.39 is 5.41 Å². The van der Waals surface area contributed by atoms with Gasteiger partial charge in [-0.15, -0.1) is 0 Å². The van der Waals surface area contributed by atoms with Crippen molar-refractivity contribution in [2.75, 3.05) is 37.0 Å². The van der Waals surface area contributed by atoms with Crippen LogP contribution in [0.15, 0.2) is 30.6 Å². The van der Waals surface area contributed by atoms with Gasteiger partial charge in [0.05, 0.1) is 24.3 Å². The summed E-state index contributed by atoms with van der Waals surface area (Å²) in [6.07, 6.45) is 6.52. The smallest absolute Gasteiger partial charge is 0.255 e. The van der Waals surface area contributed by atoms with Crippen molar-refractivity contribution in [2.45, 2.75) is 38.6 Å². The van der Waals surface area contributed by atoms with Crippen molar-refractivity contribution in [1.29, 1.82) is 5.26 Å². The van der Waals surface area contributed by atoms with E-state index in [9.17, 15) is 14.9 Å². The lowest BCUT2D eigenvalue weighted by Crippen LogP contribution is -2.37. The molecule has 4 heterocycles. The minimum Gasteiger partial charge on any atom is -0.379 e. The minimum absolute atomic E-state index is 0.0728. The van der Waals surface area contributed by atoms with Gasteiger partial charge in [-0.3, -0.25) is 9.59 Å². The normalized spacial score (nSPS) is 24.2. The van der Waals surface area contributed by atoms with Crippen LogP contribution < -0.4 is 10.2 Å². The lowest BCUT2D eigenvalue weighted by molar-refractivity contribution is -0.123. The van der Waals surface area contributed by atoms with Crippen LogP contribution in [0.25, 0.3) is 0 Å². The first-order chi connectivity index (χ1) is 16.4. The van der Waals surface area contributed by atoms with Crippen molar-refractivity contribution in [3.05, 3.63) is 41.7 Å². The number of anilines is 3. The summed E-state index contributed by atoms with van der Waals surface area (Å²) in [7, 11) is 1.80. The van der Waals surface area contributed by atoms with Gasteiger partial charge in [0, 0.05) is 44.3 Å². The molecule has 2 amide bonds. The third kappa shape index (κ3) is 3.88. The number of pyridine rings is 2. The molecule has 176 valence electrons. The van der Waals surface area contributed by atoms with Crippen LogP contribution in [0.1, 0.15) is 41.6 Å². The second-order valence-corrected chi connectivity index (χ2v) is 9.41. The fourth-order valence-corrected chi connectivity index (χ4v) is 4.95. The molecule has 1 aliphatic carbocycles. The second-order valence-electron chi connectivity index (χ2n) is 9.41. The summed E-state index contributed by atoms with van der Waals surface area (Å²) in [4.78, 5) is 38.2. The standard InChI is InChI=1S/C25H28N6O3/c1-16-11-21(28-13-20(16)23(32)30(2)19-6-10-34-14-19)29-22-12-18(5-8-27-22)31-9-7-25(15-26,24(31)33)17-3-4-17/h5,8,11-13,17,19H,3-4,6-7,9-10,14H2,1-2H3,(H,27,28,29)/t19-,25-/m1/s1. The Kier molecular flexibility index (Phi) is 5.70. The average Bonchev–Trinajstić information content (AvgIpc) is 3.43. The van der Waals surface area contributed by atoms with Crippen molar-refractivity contribution in [1.82, 2.24) is 14.9 Å². The number of nitriles is 1. The Morgan fingerprint density at radius 2 is 2.09 bits per heavy atom. The first kappa shape index (κ1) is 22.3. The van der Waals surface area contributed by atoms with Gasteiger partial charge in [-0.1, -0.05) is 0 Å². The van der Waals surface area contributed by atoms with Crippen LogP contribution in [0.5, 0.6) is 0 Å². The highest BCUT2D eigenvalue weighted by molar-refractivity contribution is 6.02. The molecule has 9 nitrogen and oxygen atoms in total. The number of aryl methyl sites for hydroxylation is 1. The zero-order chi connectivity index (χ0) is 23.9. The third-order valence-electron chi connectivity index (χ3n) is 7.26. The number of rotatable bonds is 6. The molecule has 0 spiro atoms. The first-order valence-corrected chi connectivity index (χ1v) is 11.7. The highest BCUT2D eigenvalue weighted by atomic mass is 16.5. The highest BCUT2D eigenvalue weighted by Gasteiger charge is 2.56. The Balaban J connectivity index is 1.30. The predicted octanol–water partition coefficient (Wildman–Crippen LogP) is 3.05. The lowest BCUT2D eigenvalue weighted by atomic mass is 9.83. The molecule has 1 saturated carbocycles. The first-order valence-electron chi connectivity index (χ1n) is 11.7. The Morgan fingerprint density at radius 3 is 2.76 bits per heavy atom. The molecule has 0 unspecified atom stereocenters. The van der Waals surface area contributed by atoms with Crippen LogP contribution in [0.2, 0.25) is 0 Å². The summed E-state index contributed by atoms with van der Waals surface area (Å²) in [5.74, 6) is 1.10. The summed E-state index contributed by atoms with van der Waals surface area (Å²) in [5, 5.41) is 12.9. The molecule has 1 N–H and O–H groups in total. The van der Waals surface area contributed by atoms with Crippen LogP contribution in [-0.2, 0) is 9.53 Å². The van der Waals surface area contributed by atoms with E-state index >= 15 is 0 Å². The van der Waals surface area contributed by atoms with Gasteiger partial charge < -0.3 is 19.9 Å². The molecule has 5 rings (SSSR count). The largest absolute Gasteiger partial charge is 0.379 e. The number of aromatic nitrogens is 2. The van der Waals surface area contributed by atoms with Crippen molar-refractivity contribution in [2.24, 2.45) is 11.3 Å². The maximum atomic E-state index is 13.1. The fraction of sp³-hybridized carbons (Fsp3) is 0.480. The van der Waals surface area contributed by atoms with Gasteiger partial charge in [-0.05, 0) is 56.2 Å². The maximum Gasteiger partial charge on any atom is 0.255 e. The Labute approximate surface area is 198 Å². The molecular weight excluding hydrogens is 432 g/mol. The third-order valence-corrected chi connectivity index (χ3v) is 7.26. The van der Waals surface area contributed by atoms with Gasteiger partial charge in [0.15, 0.2) is 0 Å². The van der Waals surface area contributed by atoms with E-state index in [0.717, 1.165) is 24.8 Å². The summed E-state index contributed by atoms with van der Waals surface area (Å²) in [5.41, 5.74) is 1.19. The van der Waals surface area contributed by atoms with Gasteiger partial charge in [0.25, 0.3) is 5.91 Å². The molecule has 2 atom stereocenters. The molecule has 0 bridgehead atoms. The number of nitrogens with zero attached hydrogens (tertiary/aromatic N) is 5. The second kappa shape index (κ2) is 8.69. The Morgan fingerprint density at radius 1 is 1.29 bits per heavy atom. The quantitative estimate of drug-likeness (QED) is 0.705. The molecule has 2 saturated heterocycles. The van der Waals surface area contributed by atoms with Crippen molar-refractivity contribution in [3.8, 4) is 6.07 Å². The van der Waals surface area contributed by atoms with Crippen LogP contribution in [0, 0.1) is 29.6 Å². The zero-order valence-corrected chi connectivity index (χ0v) is 19.5. The minimum atomic E-state index is -0.879. The van der Waals surface area contributed by atoms with E-state index in [1.54, 1.807) is 41.4 Å². The van der Waals surface area contributed by atoms with Gasteiger partial charge >= 0.3 is 0 Å². The van der Waals surface area contributed by atoms with Gasteiger partial charge in [-0.25, -0.2) is 9.97 Å². The van der Waals surface area contributed by atoms with Crippen LogP contribution in [-0.4, -0.2) is 59.5 Å². The highest BCUT2D eigenvalue weighted by Crippen LogP contribution is 2.51. The fourth-order valence-electron chi connectivity index (χ4n) is 4.95. The zero-order valence-electron chi connectivity index (χ0n) is 19.5. The lowest BCUT2D eigenvalue weighted by Gasteiger charge is -2.24. The van der Waals surface area contributed by atoms with Gasteiger partial charge in [-0.2, -0.15) is 5.26 Å². The summed E-state index contributed by atoms with van der Waals surface area (Å²) in [6.45, 7) is 3.65. The molecular formula is C25H28N6O3. The number of ether oxygens (including phenoxy) is 1. The average molecular weight is 461 g/mol. The number of hydrogen-bond donors (Lipinski definition) is 1. The SMILES string of the molecule is Cc1cc(Nc2cc(N3CC[C@@](C#N)(C4CC4)C3=O)ccn2)ncc1C(=O)N(C)[C@@H]1CCOC1. The Hall–Kier alpha value is -3.51. The number of carbonyl (C=O) groups excluding carboxylic acids is 2. The van der Waals surface area contributed by atoms with E-state index in [-0.39, 0.29) is 23.8 Å². The van der Waals surface area contributed by atoms with Crippen molar-refractivity contribution < 1.29 is 14.3 Å². The Bertz CT molecular complexity index is 1170. The van der Waals surface area contributed by atoms with E-state index in [4.69, 9.17) is 4.74 Å². The molecule has 9 heteroatoms. The summed E-state index contributed by atoms with van der Waals surface area (Å²) >= 11 is 0. The van der Waals surface area contributed by atoms with Gasteiger partial charge in [0.1, 0.15) is 17.1 Å². The van der Waals surface area contributed by atoms with E-state index in [1.807, 2.05) is 13.0 Å². The van der Waals surface area contributed by atoms with Crippen molar-refractivity contribution in [3.63, 3.8) is 0 Å². The molecule has 3 fully saturated rings. The molecule has 2 aromatic rings. The number of hydrogen-bond acceptors (Lipinski definition) is 7. The topological polar surface area (TPSA) is 111 Å². The molecule has 3 aliphatic rings. The van der Waals surface area contributed by atoms with E-state index in [0.29, 0.717) is 49.1 Å². The number of amides is 2.